The van der Waals surface area contributed by atoms with Crippen LogP contribution in [0, 0.1) is 0 Å². The Kier molecular flexibility index (Phi) is 7.14. The lowest BCUT2D eigenvalue weighted by molar-refractivity contribution is -0.147. The van der Waals surface area contributed by atoms with Gasteiger partial charge in [-0.15, -0.1) is 0 Å². The van der Waals surface area contributed by atoms with E-state index in [1.54, 1.807) is 0 Å². The largest absolute Gasteiger partial charge is 0.480 e. The average Bonchev–Trinajstić information content (AvgIpc) is 2.47. The predicted octanol–water partition coefficient (Wildman–Crippen LogP) is 1.33. The molecule has 0 atom stereocenters. The number of amides is 3. The van der Waals surface area contributed by atoms with Gasteiger partial charge < -0.3 is 20.6 Å². The summed E-state index contributed by atoms with van der Waals surface area (Å²) in [7, 11) is 1.46. The van der Waals surface area contributed by atoms with Gasteiger partial charge >= 0.3 is 12.0 Å². The van der Waals surface area contributed by atoms with Gasteiger partial charge in [0.15, 0.2) is 0 Å². The second kappa shape index (κ2) is 8.60. The molecule has 0 saturated heterocycles. The summed E-state index contributed by atoms with van der Waals surface area (Å²) in [4.78, 5) is 36.7. The van der Waals surface area contributed by atoms with E-state index in [-0.39, 0.29) is 18.5 Å². The standard InChI is InChI=1S/C15H27N3O4/c1-3-4-10-16-14(22)17-15(8-6-5-7-9-15)13(21)18(2)11-12(19)20/h3-11H2,1-2H3,(H,19,20)(H2,16,17,22). The van der Waals surface area contributed by atoms with Crippen LogP contribution >= 0.6 is 0 Å². The highest BCUT2D eigenvalue weighted by Gasteiger charge is 2.42. The quantitative estimate of drug-likeness (QED) is 0.617. The van der Waals surface area contributed by atoms with Gasteiger partial charge in [0.25, 0.3) is 0 Å². The van der Waals surface area contributed by atoms with Gasteiger partial charge in [0, 0.05) is 13.6 Å². The molecule has 3 amide bonds. The molecule has 1 aliphatic carbocycles. The maximum atomic E-state index is 12.6. The number of rotatable bonds is 7. The number of likely N-dealkylation sites (N-methyl/N-ethyl adjacent to an activating group) is 1. The smallest absolute Gasteiger partial charge is 0.323 e. The molecule has 3 N–H and O–H groups in total. The number of unbranched alkanes of at least 4 members (excludes halogenated alkanes) is 1. The minimum absolute atomic E-state index is 0.319. The van der Waals surface area contributed by atoms with E-state index in [1.165, 1.54) is 11.9 Å². The summed E-state index contributed by atoms with van der Waals surface area (Å²) in [5.41, 5.74) is -0.973. The molecule has 7 heteroatoms. The number of nitrogens with zero attached hydrogens (tertiary/aromatic N) is 1. The number of hydrogen-bond acceptors (Lipinski definition) is 3. The van der Waals surface area contributed by atoms with Gasteiger partial charge in [0.05, 0.1) is 0 Å². The number of carboxylic acids is 1. The van der Waals surface area contributed by atoms with Gasteiger partial charge in [-0.05, 0) is 19.3 Å². The van der Waals surface area contributed by atoms with E-state index in [1.807, 2.05) is 6.92 Å². The van der Waals surface area contributed by atoms with E-state index in [4.69, 9.17) is 5.11 Å². The molecule has 1 saturated carbocycles. The summed E-state index contributed by atoms with van der Waals surface area (Å²) in [6, 6.07) is -0.354. The SMILES string of the molecule is CCCCNC(=O)NC1(C(=O)N(C)CC(=O)O)CCCCC1. The normalized spacial score (nSPS) is 16.6. The summed E-state index contributed by atoms with van der Waals surface area (Å²) in [5.74, 6) is -1.38. The van der Waals surface area contributed by atoms with Crippen molar-refractivity contribution in [3.05, 3.63) is 0 Å². The molecule has 0 spiro atoms. The van der Waals surface area contributed by atoms with Crippen molar-refractivity contribution >= 4 is 17.9 Å². The molecule has 126 valence electrons. The molecule has 1 fully saturated rings. The lowest BCUT2D eigenvalue weighted by Crippen LogP contribution is -2.62. The third-order valence-electron chi connectivity index (χ3n) is 4.00. The predicted molar refractivity (Wildman–Crippen MR) is 82.5 cm³/mol. The highest BCUT2D eigenvalue weighted by Crippen LogP contribution is 2.29. The van der Waals surface area contributed by atoms with Gasteiger partial charge in [-0.2, -0.15) is 0 Å². The van der Waals surface area contributed by atoms with Crippen LogP contribution in [0.25, 0.3) is 0 Å². The average molecular weight is 313 g/mol. The molecule has 0 aromatic heterocycles. The Morgan fingerprint density at radius 2 is 1.82 bits per heavy atom. The number of nitrogens with one attached hydrogen (secondary N) is 2. The zero-order valence-corrected chi connectivity index (χ0v) is 13.5. The second-order valence-electron chi connectivity index (χ2n) is 5.93. The van der Waals surface area contributed by atoms with Crippen LogP contribution in [0.15, 0.2) is 0 Å². The molecular weight excluding hydrogens is 286 g/mol. The van der Waals surface area contributed by atoms with Crippen molar-refractivity contribution in [2.24, 2.45) is 0 Å². The first-order chi connectivity index (χ1) is 10.4. The Balaban J connectivity index is 2.74. The molecule has 1 aliphatic rings. The number of aliphatic carboxylic acids is 1. The van der Waals surface area contributed by atoms with Crippen molar-refractivity contribution in [3.63, 3.8) is 0 Å². The fourth-order valence-electron chi connectivity index (χ4n) is 2.83. The van der Waals surface area contributed by atoms with Crippen LogP contribution < -0.4 is 10.6 Å². The monoisotopic (exact) mass is 313 g/mol. The summed E-state index contributed by atoms with van der Waals surface area (Å²) in [5, 5.41) is 14.4. The summed E-state index contributed by atoms with van der Waals surface area (Å²) in [6.07, 6.45) is 5.69. The molecule has 0 aromatic rings. The molecular formula is C15H27N3O4. The van der Waals surface area contributed by atoms with Gasteiger partial charge in [0.2, 0.25) is 5.91 Å². The van der Waals surface area contributed by atoms with E-state index in [2.05, 4.69) is 10.6 Å². The fraction of sp³-hybridized carbons (Fsp3) is 0.800. The van der Waals surface area contributed by atoms with Crippen LogP contribution in [0.2, 0.25) is 0 Å². The lowest BCUT2D eigenvalue weighted by atomic mass is 9.80. The Bertz CT molecular complexity index is 406. The zero-order valence-electron chi connectivity index (χ0n) is 13.5. The first kappa shape index (κ1) is 18.3. The third kappa shape index (κ3) is 5.20. The number of carboxylic acid groups (broad SMARTS) is 1. The van der Waals surface area contributed by atoms with Crippen LogP contribution in [0.3, 0.4) is 0 Å². The summed E-state index contributed by atoms with van der Waals surface area (Å²) >= 11 is 0. The van der Waals surface area contributed by atoms with E-state index < -0.39 is 11.5 Å². The minimum atomic E-state index is -1.06. The van der Waals surface area contributed by atoms with Gasteiger partial charge in [0.1, 0.15) is 12.1 Å². The van der Waals surface area contributed by atoms with Crippen molar-refractivity contribution in [3.8, 4) is 0 Å². The Morgan fingerprint density at radius 1 is 1.18 bits per heavy atom. The zero-order chi connectivity index (χ0) is 16.6. The molecule has 0 unspecified atom stereocenters. The van der Waals surface area contributed by atoms with Gasteiger partial charge in [-0.25, -0.2) is 4.79 Å². The van der Waals surface area contributed by atoms with E-state index in [0.717, 1.165) is 32.1 Å². The summed E-state index contributed by atoms with van der Waals surface area (Å²) < 4.78 is 0. The maximum Gasteiger partial charge on any atom is 0.323 e. The molecule has 0 aliphatic heterocycles. The van der Waals surface area contributed by atoms with Crippen molar-refractivity contribution in [1.29, 1.82) is 0 Å². The van der Waals surface area contributed by atoms with Crippen LogP contribution in [-0.2, 0) is 9.59 Å². The topological polar surface area (TPSA) is 98.7 Å². The molecule has 0 bridgehead atoms. The van der Waals surface area contributed by atoms with Crippen molar-refractivity contribution in [1.82, 2.24) is 15.5 Å². The molecule has 7 nitrogen and oxygen atoms in total. The highest BCUT2D eigenvalue weighted by molar-refractivity contribution is 5.92. The number of urea groups is 1. The fourth-order valence-corrected chi connectivity index (χ4v) is 2.83. The highest BCUT2D eigenvalue weighted by atomic mass is 16.4. The van der Waals surface area contributed by atoms with Crippen LogP contribution in [0.4, 0.5) is 4.79 Å². The van der Waals surface area contributed by atoms with Gasteiger partial charge in [-0.3, -0.25) is 9.59 Å². The third-order valence-corrected chi connectivity index (χ3v) is 4.00. The van der Waals surface area contributed by atoms with Crippen LogP contribution in [0.5, 0.6) is 0 Å². The first-order valence-corrected chi connectivity index (χ1v) is 7.94. The minimum Gasteiger partial charge on any atom is -0.480 e. The molecule has 0 aromatic carbocycles. The van der Waals surface area contributed by atoms with Crippen molar-refractivity contribution in [2.45, 2.75) is 57.4 Å². The second-order valence-corrected chi connectivity index (χ2v) is 5.93. The van der Waals surface area contributed by atoms with E-state index >= 15 is 0 Å². The number of hydrogen-bond donors (Lipinski definition) is 3. The first-order valence-electron chi connectivity index (χ1n) is 7.94. The van der Waals surface area contributed by atoms with Crippen LogP contribution in [-0.4, -0.2) is 53.6 Å². The molecule has 0 radical (unpaired) electrons. The summed E-state index contributed by atoms with van der Waals surface area (Å²) in [6.45, 7) is 2.24. The Morgan fingerprint density at radius 3 is 2.36 bits per heavy atom. The maximum absolute atomic E-state index is 12.6. The van der Waals surface area contributed by atoms with Crippen molar-refractivity contribution in [2.75, 3.05) is 20.1 Å². The number of carbonyl (C=O) groups is 3. The van der Waals surface area contributed by atoms with Gasteiger partial charge in [-0.1, -0.05) is 32.6 Å². The number of carbonyl (C=O) groups excluding carboxylic acids is 2. The molecule has 0 heterocycles. The van der Waals surface area contributed by atoms with Crippen molar-refractivity contribution < 1.29 is 19.5 Å². The van der Waals surface area contributed by atoms with E-state index in [0.29, 0.717) is 19.4 Å². The molecule has 22 heavy (non-hydrogen) atoms. The van der Waals surface area contributed by atoms with Crippen LogP contribution in [0.1, 0.15) is 51.9 Å². The lowest BCUT2D eigenvalue weighted by Gasteiger charge is -2.38. The van der Waals surface area contributed by atoms with E-state index in [9.17, 15) is 14.4 Å². The molecule has 1 rings (SSSR count). The Labute approximate surface area is 131 Å². The Hall–Kier alpha value is -1.79.